The molecule has 5 nitrogen and oxygen atoms in total. The Morgan fingerprint density at radius 2 is 2.28 bits per heavy atom. The lowest BCUT2D eigenvalue weighted by molar-refractivity contribution is 0.198. The summed E-state index contributed by atoms with van der Waals surface area (Å²) in [7, 11) is 1.65. The van der Waals surface area contributed by atoms with Gasteiger partial charge in [-0.15, -0.1) is 0 Å². The molecule has 0 radical (unpaired) electrons. The number of pyridine rings is 1. The van der Waals surface area contributed by atoms with Crippen LogP contribution in [-0.4, -0.2) is 36.9 Å². The molecule has 1 rings (SSSR count). The van der Waals surface area contributed by atoms with Crippen molar-refractivity contribution in [2.75, 3.05) is 31.7 Å². The van der Waals surface area contributed by atoms with Crippen LogP contribution in [0.4, 0.5) is 5.82 Å². The summed E-state index contributed by atoms with van der Waals surface area (Å²) < 4.78 is 5.04. The number of aromatic nitrogens is 1. The van der Waals surface area contributed by atoms with E-state index in [1.165, 1.54) is 0 Å². The lowest BCUT2D eigenvalue weighted by Gasteiger charge is -2.22. The van der Waals surface area contributed by atoms with Crippen molar-refractivity contribution in [1.29, 1.82) is 5.26 Å². The highest BCUT2D eigenvalue weighted by Crippen LogP contribution is 2.15. The van der Waals surface area contributed by atoms with Gasteiger partial charge in [0.2, 0.25) is 0 Å². The monoisotopic (exact) mass is 249 g/mol. The van der Waals surface area contributed by atoms with E-state index in [1.54, 1.807) is 20.2 Å². The van der Waals surface area contributed by atoms with E-state index >= 15 is 0 Å². The van der Waals surface area contributed by atoms with Crippen molar-refractivity contribution in [2.24, 2.45) is 0 Å². The summed E-state index contributed by atoms with van der Waals surface area (Å²) in [5.41, 5.74) is 0.783. The fourth-order valence-electron chi connectivity index (χ4n) is 1.56. The maximum Gasteiger partial charge on any atom is 0.128 e. The Morgan fingerprint density at radius 3 is 2.78 bits per heavy atom. The van der Waals surface area contributed by atoms with Crippen LogP contribution >= 0.6 is 0 Å². The normalized spacial score (nSPS) is 11.9. The van der Waals surface area contributed by atoms with Crippen molar-refractivity contribution in [3.8, 4) is 6.07 Å². The number of hydrogen-bond donors (Lipinski definition) is 1. The van der Waals surface area contributed by atoms with Crippen LogP contribution in [-0.2, 0) is 4.74 Å². The molecule has 0 aliphatic carbocycles. The van der Waals surface area contributed by atoms with E-state index in [1.807, 2.05) is 17.0 Å². The van der Waals surface area contributed by atoms with Gasteiger partial charge in [0.25, 0.3) is 0 Å². The zero-order chi connectivity index (χ0) is 13.4. The number of aliphatic hydroxyl groups excluding tert-OH is 1. The fourth-order valence-corrected chi connectivity index (χ4v) is 1.56. The van der Waals surface area contributed by atoms with Crippen LogP contribution in [0.3, 0.4) is 0 Å². The zero-order valence-corrected chi connectivity index (χ0v) is 10.8. The molecule has 0 aliphatic rings. The first-order valence-corrected chi connectivity index (χ1v) is 5.94. The number of anilines is 1. The average molecular weight is 249 g/mol. The summed E-state index contributed by atoms with van der Waals surface area (Å²) >= 11 is 0. The number of hydrogen-bond acceptors (Lipinski definition) is 5. The molecule has 1 unspecified atom stereocenters. The highest BCUT2D eigenvalue weighted by Gasteiger charge is 2.08. The molecular formula is C13H19N3O2. The van der Waals surface area contributed by atoms with Crippen molar-refractivity contribution in [1.82, 2.24) is 4.98 Å². The van der Waals surface area contributed by atoms with Crippen molar-refractivity contribution in [3.63, 3.8) is 0 Å². The molecule has 0 saturated carbocycles. The van der Waals surface area contributed by atoms with Crippen molar-refractivity contribution in [2.45, 2.75) is 19.4 Å². The van der Waals surface area contributed by atoms with Gasteiger partial charge >= 0.3 is 0 Å². The largest absolute Gasteiger partial charge is 0.389 e. The van der Waals surface area contributed by atoms with Gasteiger partial charge in [-0.1, -0.05) is 6.07 Å². The molecule has 1 N–H and O–H groups in total. The van der Waals surface area contributed by atoms with Gasteiger partial charge in [0.15, 0.2) is 0 Å². The van der Waals surface area contributed by atoms with E-state index in [0.717, 1.165) is 11.4 Å². The summed E-state index contributed by atoms with van der Waals surface area (Å²) in [6, 6.07) is 5.83. The average Bonchev–Trinajstić information content (AvgIpc) is 2.39. The van der Waals surface area contributed by atoms with Gasteiger partial charge in [-0.05, 0) is 18.6 Å². The Morgan fingerprint density at radius 1 is 1.50 bits per heavy atom. The van der Waals surface area contributed by atoms with E-state index in [9.17, 15) is 5.11 Å². The fraction of sp³-hybridized carbons (Fsp3) is 0.538. The molecule has 0 aromatic carbocycles. The number of nitriles is 1. The topological polar surface area (TPSA) is 69.4 Å². The minimum atomic E-state index is -0.516. The summed E-state index contributed by atoms with van der Waals surface area (Å²) in [5.74, 6) is 0.798. The van der Waals surface area contributed by atoms with Gasteiger partial charge in [0, 0.05) is 26.4 Å². The van der Waals surface area contributed by atoms with E-state index in [-0.39, 0.29) is 0 Å². The molecule has 1 aromatic heterocycles. The molecular weight excluding hydrogens is 230 g/mol. The smallest absolute Gasteiger partial charge is 0.128 e. The van der Waals surface area contributed by atoms with Gasteiger partial charge in [-0.25, -0.2) is 4.98 Å². The lowest BCUT2D eigenvalue weighted by atomic mass is 10.2. The molecule has 0 bridgehead atoms. The van der Waals surface area contributed by atoms with Crippen LogP contribution in [0, 0.1) is 11.3 Å². The standard InChI is InChI=1S/C13H19N3O2/c1-11(17)12-4-5-13(15-10-12)16(7-3-6-14)8-9-18-2/h4-5,10-11,17H,3,7-9H2,1-2H3. The Hall–Kier alpha value is -1.64. The minimum absolute atomic E-state index is 0.448. The number of methoxy groups -OCH3 is 1. The maximum absolute atomic E-state index is 9.42. The van der Waals surface area contributed by atoms with Crippen molar-refractivity contribution < 1.29 is 9.84 Å². The van der Waals surface area contributed by atoms with Crippen LogP contribution in [0.5, 0.6) is 0 Å². The Kier molecular flexibility index (Phi) is 6.12. The predicted molar refractivity (Wildman–Crippen MR) is 69.2 cm³/mol. The van der Waals surface area contributed by atoms with E-state index in [2.05, 4.69) is 11.1 Å². The second-order valence-corrected chi connectivity index (χ2v) is 4.01. The van der Waals surface area contributed by atoms with E-state index in [0.29, 0.717) is 26.1 Å². The van der Waals surface area contributed by atoms with Crippen molar-refractivity contribution in [3.05, 3.63) is 23.9 Å². The van der Waals surface area contributed by atoms with Gasteiger partial charge in [0.1, 0.15) is 5.82 Å². The number of aliphatic hydroxyl groups is 1. The Labute approximate surface area is 108 Å². The molecule has 5 heteroatoms. The summed E-state index contributed by atoms with van der Waals surface area (Å²) in [4.78, 5) is 6.31. The second-order valence-electron chi connectivity index (χ2n) is 4.01. The van der Waals surface area contributed by atoms with Crippen LogP contribution in [0.2, 0.25) is 0 Å². The molecule has 1 atom stereocenters. The van der Waals surface area contributed by atoms with E-state index in [4.69, 9.17) is 10.00 Å². The maximum atomic E-state index is 9.42. The second kappa shape index (κ2) is 7.64. The zero-order valence-electron chi connectivity index (χ0n) is 10.8. The number of nitrogens with zero attached hydrogens (tertiary/aromatic N) is 3. The summed E-state index contributed by atoms with van der Waals surface area (Å²) in [5, 5.41) is 18.1. The third-order valence-corrected chi connectivity index (χ3v) is 2.64. The molecule has 1 heterocycles. The molecule has 1 aromatic rings. The molecule has 0 spiro atoms. The molecule has 0 amide bonds. The van der Waals surface area contributed by atoms with E-state index < -0.39 is 6.10 Å². The third-order valence-electron chi connectivity index (χ3n) is 2.64. The minimum Gasteiger partial charge on any atom is -0.389 e. The molecule has 98 valence electrons. The van der Waals surface area contributed by atoms with Gasteiger partial charge in [0.05, 0.1) is 25.2 Å². The summed E-state index contributed by atoms with van der Waals surface area (Å²) in [6.45, 7) is 3.61. The van der Waals surface area contributed by atoms with Crippen molar-refractivity contribution >= 4 is 5.82 Å². The first-order chi connectivity index (χ1) is 8.69. The molecule has 0 saturated heterocycles. The first kappa shape index (κ1) is 14.4. The predicted octanol–water partition coefficient (Wildman–Crippen LogP) is 1.50. The summed E-state index contributed by atoms with van der Waals surface area (Å²) in [6.07, 6.45) is 1.59. The number of ether oxygens (including phenoxy) is 1. The Bertz CT molecular complexity index is 384. The Balaban J connectivity index is 2.74. The highest BCUT2D eigenvalue weighted by atomic mass is 16.5. The van der Waals surface area contributed by atoms with Crippen LogP contribution in [0.15, 0.2) is 18.3 Å². The SMILES string of the molecule is COCCN(CCC#N)c1ccc(C(C)O)cn1. The van der Waals surface area contributed by atoms with Crippen LogP contribution in [0.1, 0.15) is 25.0 Å². The molecule has 0 aliphatic heterocycles. The first-order valence-electron chi connectivity index (χ1n) is 5.94. The van der Waals surface area contributed by atoms with Gasteiger partial charge in [-0.2, -0.15) is 5.26 Å². The van der Waals surface area contributed by atoms with Crippen LogP contribution < -0.4 is 4.90 Å². The van der Waals surface area contributed by atoms with Gasteiger partial charge < -0.3 is 14.7 Å². The molecule has 0 fully saturated rings. The highest BCUT2D eigenvalue weighted by molar-refractivity contribution is 5.39. The lowest BCUT2D eigenvalue weighted by Crippen LogP contribution is -2.29. The van der Waals surface area contributed by atoms with Gasteiger partial charge in [-0.3, -0.25) is 0 Å². The third kappa shape index (κ3) is 4.32. The quantitative estimate of drug-likeness (QED) is 0.793. The van der Waals surface area contributed by atoms with Crippen LogP contribution in [0.25, 0.3) is 0 Å². The molecule has 18 heavy (non-hydrogen) atoms. The number of rotatable bonds is 7.